The lowest BCUT2D eigenvalue weighted by atomic mass is 9.80. The smallest absolute Gasteiger partial charge is 0.252 e. The normalized spacial score (nSPS) is 24.0. The number of halogens is 1. The van der Waals surface area contributed by atoms with Crippen LogP contribution in [-0.2, 0) is 4.79 Å². The van der Waals surface area contributed by atoms with Gasteiger partial charge < -0.3 is 9.80 Å². The van der Waals surface area contributed by atoms with Crippen LogP contribution in [0.1, 0.15) is 59.8 Å². The number of amidine groups is 1. The second kappa shape index (κ2) is 9.57. The lowest BCUT2D eigenvalue weighted by Crippen LogP contribution is -2.67. The van der Waals surface area contributed by atoms with Crippen LogP contribution in [0.3, 0.4) is 0 Å². The summed E-state index contributed by atoms with van der Waals surface area (Å²) < 4.78 is 15.9. The molecular formula is C27H34FN5O. The van der Waals surface area contributed by atoms with E-state index in [1.807, 2.05) is 36.9 Å². The summed E-state index contributed by atoms with van der Waals surface area (Å²) in [6, 6.07) is 6.46. The molecule has 0 radical (unpaired) electrons. The number of rotatable bonds is 5. The molecule has 4 rings (SSSR count). The maximum Gasteiger partial charge on any atom is 0.252 e. The van der Waals surface area contributed by atoms with Crippen LogP contribution in [-0.4, -0.2) is 50.2 Å². The number of amides is 1. The van der Waals surface area contributed by atoms with E-state index in [0.29, 0.717) is 11.4 Å². The summed E-state index contributed by atoms with van der Waals surface area (Å²) in [5.74, 6) is 2.04. The molecule has 2 aliphatic rings. The Labute approximate surface area is 201 Å². The third-order valence-electron chi connectivity index (χ3n) is 7.22. The van der Waals surface area contributed by atoms with Gasteiger partial charge in [0.05, 0.1) is 5.70 Å². The number of aromatic nitrogens is 2. The van der Waals surface area contributed by atoms with Crippen LogP contribution in [0.4, 0.5) is 4.39 Å². The zero-order valence-corrected chi connectivity index (χ0v) is 20.8. The number of aliphatic imine (C=N–C) groups is 1. The number of piperidine rings is 1. The fourth-order valence-corrected chi connectivity index (χ4v) is 5.17. The van der Waals surface area contributed by atoms with Gasteiger partial charge in [-0.25, -0.2) is 14.4 Å². The number of imidazole rings is 1. The van der Waals surface area contributed by atoms with Gasteiger partial charge in [0.1, 0.15) is 23.0 Å². The zero-order chi connectivity index (χ0) is 24.5. The average Bonchev–Trinajstić information content (AvgIpc) is 3.34. The monoisotopic (exact) mass is 463 g/mol. The van der Waals surface area contributed by atoms with Crippen LogP contribution in [0.25, 0.3) is 17.2 Å². The van der Waals surface area contributed by atoms with Gasteiger partial charge in [0.25, 0.3) is 5.91 Å². The van der Waals surface area contributed by atoms with E-state index in [-0.39, 0.29) is 11.7 Å². The number of likely N-dealkylation sites (N-methyl/N-ethyl adjacent to an activating group) is 1. The second-order valence-electron chi connectivity index (χ2n) is 9.06. The first-order chi connectivity index (χ1) is 16.4. The standard InChI is InChI=1S/C27H34FN5O/c1-6-19(4)23(32-17-15-29-24(32)20-12-11-13-21(28)18-20)30-25-22(7-2)31(5)26(34)27(8-3)14-9-10-16-33(25)27/h7,11-13,15,17-18H,6,8-10,14,16H2,1-5H3/b22-7+,23-19-,30-25+. The van der Waals surface area contributed by atoms with Crippen molar-refractivity contribution in [2.75, 3.05) is 13.6 Å². The molecule has 0 N–H and O–H groups in total. The predicted octanol–water partition coefficient (Wildman–Crippen LogP) is 5.70. The summed E-state index contributed by atoms with van der Waals surface area (Å²) in [5, 5.41) is 0. The molecule has 2 aliphatic heterocycles. The van der Waals surface area contributed by atoms with Gasteiger partial charge in [-0.3, -0.25) is 9.36 Å². The molecule has 0 bridgehead atoms. The molecule has 2 aromatic rings. The second-order valence-corrected chi connectivity index (χ2v) is 9.06. The van der Waals surface area contributed by atoms with Gasteiger partial charge in [0.2, 0.25) is 0 Å². The topological polar surface area (TPSA) is 53.7 Å². The number of allylic oxidation sites excluding steroid dienone is 2. The Morgan fingerprint density at radius 3 is 2.76 bits per heavy atom. The Balaban J connectivity index is 1.92. The van der Waals surface area contributed by atoms with Gasteiger partial charge in [-0.05, 0) is 63.7 Å². The Bertz CT molecular complexity index is 1180. The Hall–Kier alpha value is -3.22. The van der Waals surface area contributed by atoms with Gasteiger partial charge >= 0.3 is 0 Å². The Kier molecular flexibility index (Phi) is 6.73. The van der Waals surface area contributed by atoms with Crippen molar-refractivity contribution in [3.05, 3.63) is 59.8 Å². The summed E-state index contributed by atoms with van der Waals surface area (Å²) in [5.41, 5.74) is 2.01. The fourth-order valence-electron chi connectivity index (χ4n) is 5.17. The van der Waals surface area contributed by atoms with Crippen LogP contribution in [0.2, 0.25) is 0 Å². The predicted molar refractivity (Wildman–Crippen MR) is 134 cm³/mol. The van der Waals surface area contributed by atoms with Gasteiger partial charge in [-0.15, -0.1) is 0 Å². The molecule has 2 fully saturated rings. The number of nitrogens with zero attached hydrogens (tertiary/aromatic N) is 5. The van der Waals surface area contributed by atoms with Gasteiger partial charge in [-0.1, -0.05) is 32.1 Å². The lowest BCUT2D eigenvalue weighted by Gasteiger charge is -2.53. The minimum Gasteiger partial charge on any atom is -0.340 e. The van der Waals surface area contributed by atoms with E-state index < -0.39 is 5.54 Å². The molecule has 0 spiro atoms. The van der Waals surface area contributed by atoms with E-state index in [0.717, 1.165) is 61.6 Å². The highest BCUT2D eigenvalue weighted by atomic mass is 19.1. The van der Waals surface area contributed by atoms with Crippen LogP contribution >= 0.6 is 0 Å². The minimum absolute atomic E-state index is 0.141. The van der Waals surface area contributed by atoms with Crippen molar-refractivity contribution in [3.63, 3.8) is 0 Å². The van der Waals surface area contributed by atoms with Crippen molar-refractivity contribution in [2.24, 2.45) is 4.99 Å². The molecule has 0 aliphatic carbocycles. The molecule has 1 aromatic heterocycles. The summed E-state index contributed by atoms with van der Waals surface area (Å²) in [7, 11) is 1.85. The van der Waals surface area contributed by atoms with Crippen molar-refractivity contribution >= 4 is 17.6 Å². The molecule has 180 valence electrons. The molecule has 6 nitrogen and oxygen atoms in total. The molecule has 7 heteroatoms. The van der Waals surface area contributed by atoms with Crippen LogP contribution in [0.15, 0.2) is 59.0 Å². The number of hydrogen-bond donors (Lipinski definition) is 0. The molecule has 1 unspecified atom stereocenters. The summed E-state index contributed by atoms with van der Waals surface area (Å²) in [6.07, 6.45) is 9.97. The van der Waals surface area contributed by atoms with E-state index in [9.17, 15) is 9.18 Å². The largest absolute Gasteiger partial charge is 0.340 e. The summed E-state index contributed by atoms with van der Waals surface area (Å²) in [4.78, 5) is 27.3. The highest BCUT2D eigenvalue weighted by molar-refractivity contribution is 6.10. The molecule has 1 aromatic carbocycles. The molecule has 34 heavy (non-hydrogen) atoms. The first-order valence-electron chi connectivity index (χ1n) is 12.2. The van der Waals surface area contributed by atoms with Crippen LogP contribution in [0, 0.1) is 5.82 Å². The van der Waals surface area contributed by atoms with Crippen molar-refractivity contribution in [1.82, 2.24) is 19.4 Å². The quantitative estimate of drug-likeness (QED) is 0.572. The van der Waals surface area contributed by atoms with Crippen molar-refractivity contribution in [3.8, 4) is 11.4 Å². The number of benzene rings is 1. The third-order valence-corrected chi connectivity index (χ3v) is 7.22. The van der Waals surface area contributed by atoms with E-state index in [4.69, 9.17) is 4.99 Å². The average molecular weight is 464 g/mol. The first-order valence-corrected chi connectivity index (χ1v) is 12.2. The molecule has 1 atom stereocenters. The van der Waals surface area contributed by atoms with E-state index in [1.54, 1.807) is 17.2 Å². The lowest BCUT2D eigenvalue weighted by molar-refractivity contribution is -0.143. The third kappa shape index (κ3) is 3.87. The number of fused-ring (bicyclic) bond motifs is 1. The Morgan fingerprint density at radius 1 is 1.29 bits per heavy atom. The molecule has 2 saturated heterocycles. The molecule has 3 heterocycles. The number of carbonyl (C=O) groups excluding carboxylic acids is 1. The number of piperazine rings is 1. The SMILES string of the molecule is C\C=C1/C(=N\C(=C(/C)CC)n2ccnc2-c2cccc(F)c2)N2CCCCC2(CC)C(=O)N1C. The first kappa shape index (κ1) is 23.9. The van der Waals surface area contributed by atoms with Gasteiger partial charge in [-0.2, -0.15) is 0 Å². The van der Waals surface area contributed by atoms with Gasteiger partial charge in [0.15, 0.2) is 5.84 Å². The van der Waals surface area contributed by atoms with E-state index >= 15 is 0 Å². The highest BCUT2D eigenvalue weighted by Gasteiger charge is 2.52. The molecule has 0 saturated carbocycles. The van der Waals surface area contributed by atoms with E-state index in [2.05, 4.69) is 30.7 Å². The summed E-state index contributed by atoms with van der Waals surface area (Å²) in [6.45, 7) is 8.99. The maximum atomic E-state index is 14.0. The van der Waals surface area contributed by atoms with Crippen molar-refractivity contribution < 1.29 is 9.18 Å². The molecular weight excluding hydrogens is 429 g/mol. The van der Waals surface area contributed by atoms with Crippen molar-refractivity contribution in [1.29, 1.82) is 0 Å². The minimum atomic E-state index is -0.566. The van der Waals surface area contributed by atoms with Gasteiger partial charge in [0, 0.05) is 31.5 Å². The van der Waals surface area contributed by atoms with Crippen LogP contribution < -0.4 is 0 Å². The number of hydrogen-bond acceptors (Lipinski definition) is 3. The van der Waals surface area contributed by atoms with Crippen molar-refractivity contribution in [2.45, 2.75) is 65.3 Å². The Morgan fingerprint density at radius 2 is 2.09 bits per heavy atom. The fraction of sp³-hybridized carbons (Fsp3) is 0.444. The highest BCUT2D eigenvalue weighted by Crippen LogP contribution is 2.40. The van der Waals surface area contributed by atoms with Crippen LogP contribution in [0.5, 0.6) is 0 Å². The zero-order valence-electron chi connectivity index (χ0n) is 20.8. The summed E-state index contributed by atoms with van der Waals surface area (Å²) >= 11 is 0. The molecule has 1 amide bonds. The maximum absolute atomic E-state index is 14.0. The van der Waals surface area contributed by atoms with E-state index in [1.165, 1.54) is 12.1 Å². The number of carbonyl (C=O) groups is 1.